The molecular weight excluding hydrogens is 148 g/mol. The molecule has 1 saturated carbocycles. The van der Waals surface area contributed by atoms with Crippen LogP contribution in [0.3, 0.4) is 0 Å². The fourth-order valence-electron chi connectivity index (χ4n) is 2.15. The molecule has 2 aliphatic carbocycles. The van der Waals surface area contributed by atoms with Crippen molar-refractivity contribution >= 4 is 6.29 Å². The normalized spacial score (nSPS) is 31.5. The van der Waals surface area contributed by atoms with Crippen LogP contribution in [0.15, 0.2) is 12.2 Å². The molecule has 2 rings (SSSR count). The smallest absolute Gasteiger partial charge is 0.126 e. The number of aldehydes is 1. The summed E-state index contributed by atoms with van der Waals surface area (Å²) in [5.41, 5.74) is 0.135. The predicted octanol–water partition coefficient (Wildman–Crippen LogP) is 2.71. The Labute approximate surface area is 73.8 Å². The van der Waals surface area contributed by atoms with Crippen LogP contribution in [0.2, 0.25) is 0 Å². The van der Waals surface area contributed by atoms with E-state index in [2.05, 4.69) is 12.2 Å². The van der Waals surface area contributed by atoms with Crippen LogP contribution >= 0.6 is 0 Å². The van der Waals surface area contributed by atoms with Crippen LogP contribution in [0.1, 0.15) is 38.5 Å². The highest BCUT2D eigenvalue weighted by Crippen LogP contribution is 2.50. The van der Waals surface area contributed by atoms with Gasteiger partial charge in [-0.15, -0.1) is 0 Å². The Hall–Kier alpha value is -0.590. The van der Waals surface area contributed by atoms with Gasteiger partial charge in [0.15, 0.2) is 0 Å². The molecule has 0 aromatic rings. The maximum atomic E-state index is 10.7. The zero-order chi connectivity index (χ0) is 8.44. The Kier molecular flexibility index (Phi) is 2.03. The summed E-state index contributed by atoms with van der Waals surface area (Å²) in [4.78, 5) is 10.7. The van der Waals surface area contributed by atoms with Crippen molar-refractivity contribution in [2.45, 2.75) is 38.5 Å². The zero-order valence-corrected chi connectivity index (χ0v) is 7.46. The lowest BCUT2D eigenvalue weighted by Gasteiger charge is -2.20. The van der Waals surface area contributed by atoms with E-state index in [1.165, 1.54) is 25.5 Å². The molecule has 66 valence electrons. The lowest BCUT2D eigenvalue weighted by Crippen LogP contribution is -2.12. The second-order valence-electron chi connectivity index (χ2n) is 4.33. The summed E-state index contributed by atoms with van der Waals surface area (Å²) in [5, 5.41) is 0. The number of hydrogen-bond acceptors (Lipinski definition) is 1. The van der Waals surface area contributed by atoms with Crippen molar-refractivity contribution in [2.75, 3.05) is 0 Å². The molecule has 1 heteroatoms. The van der Waals surface area contributed by atoms with Crippen LogP contribution in [0.25, 0.3) is 0 Å². The summed E-state index contributed by atoms with van der Waals surface area (Å²) in [5.74, 6) is 0.794. The van der Waals surface area contributed by atoms with E-state index in [9.17, 15) is 4.79 Å². The molecule has 0 amide bonds. The topological polar surface area (TPSA) is 17.1 Å². The van der Waals surface area contributed by atoms with Gasteiger partial charge in [0.05, 0.1) is 0 Å². The van der Waals surface area contributed by atoms with Crippen molar-refractivity contribution in [3.8, 4) is 0 Å². The summed E-state index contributed by atoms with van der Waals surface area (Å²) >= 11 is 0. The second-order valence-corrected chi connectivity index (χ2v) is 4.33. The highest BCUT2D eigenvalue weighted by atomic mass is 16.1. The summed E-state index contributed by atoms with van der Waals surface area (Å²) in [6.07, 6.45) is 12.9. The largest absolute Gasteiger partial charge is 0.303 e. The van der Waals surface area contributed by atoms with E-state index in [1.54, 1.807) is 0 Å². The molecule has 1 atom stereocenters. The van der Waals surface area contributed by atoms with Crippen molar-refractivity contribution < 1.29 is 4.79 Å². The number of carbonyl (C=O) groups excluding carboxylic acids is 1. The third kappa shape index (κ3) is 1.60. The van der Waals surface area contributed by atoms with E-state index in [-0.39, 0.29) is 5.41 Å². The van der Waals surface area contributed by atoms with Crippen LogP contribution < -0.4 is 0 Å². The SMILES string of the molecule is O=CC1(CC2CC=CCC2)CC1. The van der Waals surface area contributed by atoms with Crippen molar-refractivity contribution in [1.82, 2.24) is 0 Å². The molecule has 0 aliphatic heterocycles. The molecule has 0 radical (unpaired) electrons. The van der Waals surface area contributed by atoms with Crippen LogP contribution in [-0.4, -0.2) is 6.29 Å². The fraction of sp³-hybridized carbons (Fsp3) is 0.727. The van der Waals surface area contributed by atoms with Gasteiger partial charge in [0, 0.05) is 5.41 Å². The van der Waals surface area contributed by atoms with Gasteiger partial charge in [-0.3, -0.25) is 0 Å². The Morgan fingerprint density at radius 1 is 1.42 bits per heavy atom. The maximum Gasteiger partial charge on any atom is 0.126 e. The number of carbonyl (C=O) groups is 1. The minimum Gasteiger partial charge on any atom is -0.303 e. The monoisotopic (exact) mass is 164 g/mol. The molecule has 0 aromatic carbocycles. The van der Waals surface area contributed by atoms with E-state index < -0.39 is 0 Å². The first-order valence-corrected chi connectivity index (χ1v) is 4.96. The van der Waals surface area contributed by atoms with Crippen LogP contribution in [0.4, 0.5) is 0 Å². The molecule has 0 heterocycles. The quantitative estimate of drug-likeness (QED) is 0.463. The van der Waals surface area contributed by atoms with Crippen LogP contribution in [-0.2, 0) is 4.79 Å². The first-order chi connectivity index (χ1) is 5.85. The molecule has 0 saturated heterocycles. The summed E-state index contributed by atoms with van der Waals surface area (Å²) in [6, 6.07) is 0. The Morgan fingerprint density at radius 3 is 2.75 bits per heavy atom. The second kappa shape index (κ2) is 3.04. The minimum absolute atomic E-state index is 0.135. The summed E-state index contributed by atoms with van der Waals surface area (Å²) in [7, 11) is 0. The maximum absolute atomic E-state index is 10.7. The van der Waals surface area contributed by atoms with Gasteiger partial charge in [-0.2, -0.15) is 0 Å². The molecule has 1 nitrogen and oxygen atoms in total. The molecule has 0 bridgehead atoms. The highest BCUT2D eigenvalue weighted by Gasteiger charge is 2.43. The van der Waals surface area contributed by atoms with E-state index >= 15 is 0 Å². The molecule has 0 N–H and O–H groups in total. The average molecular weight is 164 g/mol. The van der Waals surface area contributed by atoms with Crippen molar-refractivity contribution in [1.29, 1.82) is 0 Å². The fourth-order valence-corrected chi connectivity index (χ4v) is 2.15. The lowest BCUT2D eigenvalue weighted by molar-refractivity contribution is -0.112. The van der Waals surface area contributed by atoms with Crippen molar-refractivity contribution in [3.63, 3.8) is 0 Å². The Bertz CT molecular complexity index is 201. The van der Waals surface area contributed by atoms with Gasteiger partial charge >= 0.3 is 0 Å². The van der Waals surface area contributed by atoms with Gasteiger partial charge in [-0.05, 0) is 44.4 Å². The Morgan fingerprint density at radius 2 is 2.25 bits per heavy atom. The van der Waals surface area contributed by atoms with Gasteiger partial charge in [-0.25, -0.2) is 0 Å². The lowest BCUT2D eigenvalue weighted by atomic mass is 9.85. The first kappa shape index (κ1) is 8.03. The van der Waals surface area contributed by atoms with E-state index in [0.717, 1.165) is 25.2 Å². The molecular formula is C11H16O. The van der Waals surface area contributed by atoms with E-state index in [1.807, 2.05) is 0 Å². The van der Waals surface area contributed by atoms with Gasteiger partial charge in [0.1, 0.15) is 6.29 Å². The van der Waals surface area contributed by atoms with Crippen LogP contribution in [0, 0.1) is 11.3 Å². The number of allylic oxidation sites excluding steroid dienone is 2. The molecule has 0 aromatic heterocycles. The van der Waals surface area contributed by atoms with E-state index in [4.69, 9.17) is 0 Å². The summed E-state index contributed by atoms with van der Waals surface area (Å²) < 4.78 is 0. The van der Waals surface area contributed by atoms with Gasteiger partial charge in [0.25, 0.3) is 0 Å². The van der Waals surface area contributed by atoms with Gasteiger partial charge < -0.3 is 4.79 Å². The highest BCUT2D eigenvalue weighted by molar-refractivity contribution is 5.63. The van der Waals surface area contributed by atoms with Crippen LogP contribution in [0.5, 0.6) is 0 Å². The molecule has 2 aliphatic rings. The number of hydrogen-bond donors (Lipinski definition) is 0. The minimum atomic E-state index is 0.135. The first-order valence-electron chi connectivity index (χ1n) is 4.96. The molecule has 1 fully saturated rings. The number of rotatable bonds is 3. The molecule has 1 unspecified atom stereocenters. The van der Waals surface area contributed by atoms with Gasteiger partial charge in [-0.1, -0.05) is 12.2 Å². The van der Waals surface area contributed by atoms with Crippen molar-refractivity contribution in [2.24, 2.45) is 11.3 Å². The summed E-state index contributed by atoms with van der Waals surface area (Å²) in [6.45, 7) is 0. The third-order valence-electron chi connectivity index (χ3n) is 3.22. The molecule has 12 heavy (non-hydrogen) atoms. The zero-order valence-electron chi connectivity index (χ0n) is 7.46. The third-order valence-corrected chi connectivity index (χ3v) is 3.22. The average Bonchev–Trinajstić information content (AvgIpc) is 2.88. The standard InChI is InChI=1S/C11H16O/c12-9-11(6-7-11)8-10-4-2-1-3-5-10/h1-2,9-10H,3-8H2. The van der Waals surface area contributed by atoms with Crippen molar-refractivity contribution in [3.05, 3.63) is 12.2 Å². The van der Waals surface area contributed by atoms with E-state index in [0.29, 0.717) is 0 Å². The predicted molar refractivity (Wildman–Crippen MR) is 48.8 cm³/mol. The Balaban J connectivity index is 1.86. The molecule has 0 spiro atoms. The van der Waals surface area contributed by atoms with Gasteiger partial charge in [0.2, 0.25) is 0 Å².